The van der Waals surface area contributed by atoms with Crippen LogP contribution in [0.25, 0.3) is 0 Å². The molecule has 3 nitrogen and oxygen atoms in total. The van der Waals surface area contributed by atoms with E-state index in [9.17, 15) is 0 Å². The first-order valence-electron chi connectivity index (χ1n) is 7.95. The molecule has 1 aromatic rings. The average Bonchev–Trinajstić information content (AvgIpc) is 3.08. The summed E-state index contributed by atoms with van der Waals surface area (Å²) in [5, 5.41) is 4.83. The Morgan fingerprint density at radius 2 is 2.20 bits per heavy atom. The van der Waals surface area contributed by atoms with Crippen molar-refractivity contribution in [2.24, 2.45) is 5.41 Å². The van der Waals surface area contributed by atoms with Gasteiger partial charge in [0.15, 0.2) is 0 Å². The van der Waals surface area contributed by atoms with E-state index in [1.807, 2.05) is 0 Å². The van der Waals surface area contributed by atoms with Crippen molar-refractivity contribution in [1.29, 1.82) is 0 Å². The second-order valence-electron chi connectivity index (χ2n) is 6.51. The smallest absolute Gasteiger partial charge is 0.0631 e. The van der Waals surface area contributed by atoms with Gasteiger partial charge in [0.25, 0.3) is 0 Å². The summed E-state index contributed by atoms with van der Waals surface area (Å²) in [5.74, 6) is 0.657. The van der Waals surface area contributed by atoms with E-state index in [0.29, 0.717) is 11.9 Å². The van der Waals surface area contributed by atoms with E-state index in [0.717, 1.165) is 19.4 Å². The first-order valence-corrected chi connectivity index (χ1v) is 8.48. The van der Waals surface area contributed by atoms with Gasteiger partial charge in [-0.2, -0.15) is 5.10 Å². The Hall–Kier alpha value is -0.540. The summed E-state index contributed by atoms with van der Waals surface area (Å²) in [4.78, 5) is 0. The molecular formula is C16H25ClN2O. The lowest BCUT2D eigenvalue weighted by molar-refractivity contribution is 0.0730. The fourth-order valence-electron chi connectivity index (χ4n) is 3.66. The van der Waals surface area contributed by atoms with E-state index in [-0.39, 0.29) is 11.5 Å². The summed E-state index contributed by atoms with van der Waals surface area (Å²) in [5.41, 5.74) is 1.25. The molecule has 0 radical (unpaired) electrons. The van der Waals surface area contributed by atoms with Crippen molar-refractivity contribution in [2.45, 2.75) is 64.0 Å². The molecule has 4 heteroatoms. The molecule has 1 saturated heterocycles. The zero-order valence-electron chi connectivity index (χ0n) is 12.4. The monoisotopic (exact) mass is 296 g/mol. The molecule has 1 aliphatic heterocycles. The third-order valence-electron chi connectivity index (χ3n) is 5.24. The van der Waals surface area contributed by atoms with E-state index in [1.165, 1.54) is 37.8 Å². The number of ether oxygens (including phenoxy) is 1. The third-order valence-corrected chi connectivity index (χ3v) is 5.77. The third kappa shape index (κ3) is 2.75. The molecule has 1 aliphatic carbocycles. The first kappa shape index (κ1) is 14.4. The Bertz CT molecular complexity index is 441. The van der Waals surface area contributed by atoms with Crippen molar-refractivity contribution in [3.05, 3.63) is 18.0 Å². The summed E-state index contributed by atoms with van der Waals surface area (Å²) < 4.78 is 7.93. The van der Waals surface area contributed by atoms with Crippen LogP contribution in [0.15, 0.2) is 12.3 Å². The van der Waals surface area contributed by atoms with Crippen LogP contribution in [-0.2, 0) is 11.2 Å². The van der Waals surface area contributed by atoms with Gasteiger partial charge in [-0.05, 0) is 32.3 Å². The Balaban J connectivity index is 1.70. The van der Waals surface area contributed by atoms with E-state index < -0.39 is 0 Å². The zero-order valence-corrected chi connectivity index (χ0v) is 13.1. The Labute approximate surface area is 126 Å². The maximum Gasteiger partial charge on any atom is 0.0631 e. The lowest BCUT2D eigenvalue weighted by Crippen LogP contribution is -2.33. The van der Waals surface area contributed by atoms with Gasteiger partial charge >= 0.3 is 0 Å². The maximum atomic E-state index is 6.25. The number of hydrogen-bond donors (Lipinski definition) is 0. The largest absolute Gasteiger partial charge is 0.378 e. The maximum absolute atomic E-state index is 6.25. The van der Waals surface area contributed by atoms with Crippen LogP contribution in [0.3, 0.4) is 0 Å². The fraction of sp³-hybridized carbons (Fsp3) is 0.812. The predicted molar refractivity (Wildman–Crippen MR) is 81.2 cm³/mol. The molecule has 0 bridgehead atoms. The van der Waals surface area contributed by atoms with Crippen LogP contribution in [0, 0.1) is 5.41 Å². The number of aromatic nitrogens is 2. The normalized spacial score (nSPS) is 31.8. The van der Waals surface area contributed by atoms with Crippen molar-refractivity contribution in [2.75, 3.05) is 12.5 Å². The van der Waals surface area contributed by atoms with Gasteiger partial charge in [0.05, 0.1) is 17.8 Å². The van der Waals surface area contributed by atoms with Gasteiger partial charge in [0.1, 0.15) is 0 Å². The minimum atomic E-state index is 0.0767. The minimum Gasteiger partial charge on any atom is -0.378 e. The van der Waals surface area contributed by atoms with Gasteiger partial charge in [0.2, 0.25) is 0 Å². The van der Waals surface area contributed by atoms with Crippen LogP contribution in [0.2, 0.25) is 0 Å². The van der Waals surface area contributed by atoms with Crippen molar-refractivity contribution < 1.29 is 4.74 Å². The second kappa shape index (κ2) is 6.07. The highest BCUT2D eigenvalue weighted by molar-refractivity contribution is 6.18. The molecule has 0 spiro atoms. The average molecular weight is 297 g/mol. The number of nitrogens with zero attached hydrogens (tertiary/aromatic N) is 2. The first-order chi connectivity index (χ1) is 9.73. The molecule has 2 heterocycles. The summed E-state index contributed by atoms with van der Waals surface area (Å²) in [6.45, 7) is 2.98. The summed E-state index contributed by atoms with van der Waals surface area (Å²) >= 11 is 6.25. The molecule has 2 atom stereocenters. The van der Waals surface area contributed by atoms with Crippen LogP contribution in [-0.4, -0.2) is 28.4 Å². The molecule has 20 heavy (non-hydrogen) atoms. The van der Waals surface area contributed by atoms with Gasteiger partial charge in [0, 0.05) is 30.5 Å². The van der Waals surface area contributed by atoms with E-state index >= 15 is 0 Å². The highest BCUT2D eigenvalue weighted by atomic mass is 35.5. The second-order valence-corrected chi connectivity index (χ2v) is 6.78. The molecular weight excluding hydrogens is 272 g/mol. The molecule has 2 unspecified atom stereocenters. The van der Waals surface area contributed by atoms with E-state index in [4.69, 9.17) is 21.4 Å². The van der Waals surface area contributed by atoms with Crippen LogP contribution >= 0.6 is 11.6 Å². The van der Waals surface area contributed by atoms with Gasteiger partial charge in [-0.15, -0.1) is 11.6 Å². The summed E-state index contributed by atoms with van der Waals surface area (Å²) in [6.07, 6.45) is 11.0. The van der Waals surface area contributed by atoms with Gasteiger partial charge in [-0.25, -0.2) is 0 Å². The molecule has 2 fully saturated rings. The van der Waals surface area contributed by atoms with Crippen LogP contribution < -0.4 is 0 Å². The standard InChI is InChI=1S/C16H25ClN2O/c1-13-16(12-17,8-10-20-13)11-14-7-9-19(18-14)15-5-3-2-4-6-15/h7,9,13,15H,2-6,8,10-12H2,1H3. The fourth-order valence-corrected chi connectivity index (χ4v) is 4.10. The molecule has 0 N–H and O–H groups in total. The summed E-state index contributed by atoms with van der Waals surface area (Å²) in [7, 11) is 0. The van der Waals surface area contributed by atoms with Crippen molar-refractivity contribution >= 4 is 11.6 Å². The number of rotatable bonds is 4. The zero-order chi connectivity index (χ0) is 14.0. The molecule has 3 rings (SSSR count). The van der Waals surface area contributed by atoms with Crippen molar-refractivity contribution in [3.63, 3.8) is 0 Å². The van der Waals surface area contributed by atoms with Crippen LogP contribution in [0.5, 0.6) is 0 Å². The highest BCUT2D eigenvalue weighted by Crippen LogP contribution is 2.39. The quantitative estimate of drug-likeness (QED) is 0.786. The number of halogens is 1. The highest BCUT2D eigenvalue weighted by Gasteiger charge is 2.41. The van der Waals surface area contributed by atoms with Crippen LogP contribution in [0.4, 0.5) is 0 Å². The minimum absolute atomic E-state index is 0.0767. The molecule has 1 aromatic heterocycles. The molecule has 112 valence electrons. The van der Waals surface area contributed by atoms with Crippen LogP contribution in [0.1, 0.15) is 57.2 Å². The summed E-state index contributed by atoms with van der Waals surface area (Å²) in [6, 6.07) is 2.79. The Morgan fingerprint density at radius 1 is 1.40 bits per heavy atom. The lowest BCUT2D eigenvalue weighted by atomic mass is 9.79. The van der Waals surface area contributed by atoms with Gasteiger partial charge in [-0.1, -0.05) is 19.3 Å². The number of alkyl halides is 1. The molecule has 0 aromatic carbocycles. The molecule has 0 amide bonds. The predicted octanol–water partition coefficient (Wildman–Crippen LogP) is 3.96. The topological polar surface area (TPSA) is 27.1 Å². The van der Waals surface area contributed by atoms with Crippen molar-refractivity contribution in [1.82, 2.24) is 9.78 Å². The van der Waals surface area contributed by atoms with E-state index in [1.54, 1.807) is 0 Å². The Morgan fingerprint density at radius 3 is 2.85 bits per heavy atom. The molecule has 1 saturated carbocycles. The molecule has 2 aliphatic rings. The lowest BCUT2D eigenvalue weighted by Gasteiger charge is -2.29. The Kier molecular flexibility index (Phi) is 4.37. The van der Waals surface area contributed by atoms with Crippen molar-refractivity contribution in [3.8, 4) is 0 Å². The number of hydrogen-bond acceptors (Lipinski definition) is 2. The SMILES string of the molecule is CC1OCCC1(CCl)Cc1ccn(C2CCCCC2)n1. The van der Waals surface area contributed by atoms with Gasteiger partial charge in [-0.3, -0.25) is 4.68 Å². The van der Waals surface area contributed by atoms with E-state index in [2.05, 4.69) is 23.9 Å². The van der Waals surface area contributed by atoms with Gasteiger partial charge < -0.3 is 4.74 Å².